The first-order valence-corrected chi connectivity index (χ1v) is 6.09. The van der Waals surface area contributed by atoms with Gasteiger partial charge in [-0.25, -0.2) is 0 Å². The summed E-state index contributed by atoms with van der Waals surface area (Å²) in [5.74, 6) is -0.677. The van der Waals surface area contributed by atoms with Gasteiger partial charge in [-0.1, -0.05) is 12.1 Å². The normalized spacial score (nSPS) is 9.90. The SMILES string of the molecule is CCn1ncc([N+](=O)[O-])c1C(=O)Nc1ccccc1C#N. The number of para-hydroxylation sites is 1. The van der Waals surface area contributed by atoms with Gasteiger partial charge in [0.1, 0.15) is 12.3 Å². The minimum Gasteiger partial charge on any atom is -0.319 e. The van der Waals surface area contributed by atoms with Gasteiger partial charge in [-0.15, -0.1) is 0 Å². The molecule has 0 unspecified atom stereocenters. The van der Waals surface area contributed by atoms with E-state index >= 15 is 0 Å². The molecule has 2 rings (SSSR count). The number of carbonyl (C=O) groups excluding carboxylic acids is 1. The molecule has 0 aliphatic heterocycles. The molecule has 0 fully saturated rings. The fourth-order valence-electron chi connectivity index (χ4n) is 1.85. The average Bonchev–Trinajstić information content (AvgIpc) is 2.92. The molecule has 0 saturated heterocycles. The van der Waals surface area contributed by atoms with E-state index in [1.807, 2.05) is 6.07 Å². The molecular weight excluding hydrogens is 274 g/mol. The third-order valence-electron chi connectivity index (χ3n) is 2.83. The summed E-state index contributed by atoms with van der Waals surface area (Å²) >= 11 is 0. The Morgan fingerprint density at radius 3 is 2.86 bits per heavy atom. The highest BCUT2D eigenvalue weighted by Crippen LogP contribution is 2.21. The van der Waals surface area contributed by atoms with Crippen molar-refractivity contribution in [1.82, 2.24) is 9.78 Å². The van der Waals surface area contributed by atoms with E-state index in [-0.39, 0.29) is 16.9 Å². The Bertz CT molecular complexity index is 745. The number of nitriles is 1. The number of amides is 1. The molecule has 21 heavy (non-hydrogen) atoms. The number of nitrogens with one attached hydrogen (secondary N) is 1. The molecule has 2 aromatic rings. The van der Waals surface area contributed by atoms with Crippen LogP contribution in [-0.4, -0.2) is 20.6 Å². The van der Waals surface area contributed by atoms with Crippen molar-refractivity contribution < 1.29 is 9.72 Å². The summed E-state index contributed by atoms with van der Waals surface area (Å²) < 4.78 is 1.24. The van der Waals surface area contributed by atoms with Gasteiger partial charge in [0, 0.05) is 6.54 Å². The van der Waals surface area contributed by atoms with Crippen molar-refractivity contribution in [2.75, 3.05) is 5.32 Å². The van der Waals surface area contributed by atoms with E-state index in [0.29, 0.717) is 12.2 Å². The van der Waals surface area contributed by atoms with E-state index in [9.17, 15) is 14.9 Å². The molecule has 0 aliphatic carbocycles. The Labute approximate surface area is 119 Å². The molecule has 0 atom stereocenters. The number of rotatable bonds is 4. The van der Waals surface area contributed by atoms with E-state index in [4.69, 9.17) is 5.26 Å². The Kier molecular flexibility index (Phi) is 3.95. The molecule has 0 radical (unpaired) electrons. The van der Waals surface area contributed by atoms with Crippen molar-refractivity contribution >= 4 is 17.3 Å². The molecule has 1 aromatic heterocycles. The number of nitro groups is 1. The highest BCUT2D eigenvalue weighted by atomic mass is 16.6. The number of hydrogen-bond donors (Lipinski definition) is 1. The lowest BCUT2D eigenvalue weighted by molar-refractivity contribution is -0.385. The maximum absolute atomic E-state index is 12.3. The van der Waals surface area contributed by atoms with Crippen LogP contribution in [0.1, 0.15) is 23.0 Å². The van der Waals surface area contributed by atoms with E-state index in [2.05, 4.69) is 10.4 Å². The van der Waals surface area contributed by atoms with Crippen LogP contribution < -0.4 is 5.32 Å². The fraction of sp³-hybridized carbons (Fsp3) is 0.154. The molecule has 1 N–H and O–H groups in total. The van der Waals surface area contributed by atoms with Gasteiger partial charge >= 0.3 is 5.69 Å². The standard InChI is InChI=1S/C13H11N5O3/c1-2-17-12(11(8-15-17)18(20)21)13(19)16-10-6-4-3-5-9(10)7-14/h3-6,8H,2H2,1H3,(H,16,19). The number of aryl methyl sites for hydroxylation is 1. The maximum Gasteiger partial charge on any atom is 0.320 e. The van der Waals surface area contributed by atoms with Crippen molar-refractivity contribution in [2.24, 2.45) is 0 Å². The van der Waals surface area contributed by atoms with E-state index in [0.717, 1.165) is 6.20 Å². The van der Waals surface area contributed by atoms with Crippen LogP contribution in [0.25, 0.3) is 0 Å². The zero-order valence-corrected chi connectivity index (χ0v) is 11.1. The molecular formula is C13H11N5O3. The number of benzene rings is 1. The number of aromatic nitrogens is 2. The van der Waals surface area contributed by atoms with Crippen molar-refractivity contribution in [3.63, 3.8) is 0 Å². The van der Waals surface area contributed by atoms with Gasteiger partial charge in [-0.3, -0.25) is 19.6 Å². The lowest BCUT2D eigenvalue weighted by Gasteiger charge is -2.07. The van der Waals surface area contributed by atoms with E-state index in [1.54, 1.807) is 31.2 Å². The lowest BCUT2D eigenvalue weighted by Crippen LogP contribution is -2.19. The summed E-state index contributed by atoms with van der Waals surface area (Å²) in [7, 11) is 0. The van der Waals surface area contributed by atoms with Crippen LogP contribution in [0.3, 0.4) is 0 Å². The van der Waals surface area contributed by atoms with Crippen LogP contribution in [0.2, 0.25) is 0 Å². The highest BCUT2D eigenvalue weighted by molar-refractivity contribution is 6.06. The molecule has 1 amide bonds. The summed E-state index contributed by atoms with van der Waals surface area (Å²) in [5.41, 5.74) is 0.0539. The molecule has 0 bridgehead atoms. The van der Waals surface area contributed by atoms with Crippen LogP contribution in [0.4, 0.5) is 11.4 Å². The second kappa shape index (κ2) is 5.83. The maximum atomic E-state index is 12.3. The molecule has 0 spiro atoms. The molecule has 0 aliphatic rings. The second-order valence-corrected chi connectivity index (χ2v) is 4.06. The monoisotopic (exact) mass is 285 g/mol. The molecule has 106 valence electrons. The second-order valence-electron chi connectivity index (χ2n) is 4.06. The van der Waals surface area contributed by atoms with Gasteiger partial charge in [0.15, 0.2) is 0 Å². The van der Waals surface area contributed by atoms with Crippen LogP contribution in [0, 0.1) is 21.4 Å². The number of anilines is 1. The number of hydrogen-bond acceptors (Lipinski definition) is 5. The Balaban J connectivity index is 2.39. The minimum absolute atomic E-state index is 0.143. The predicted molar refractivity (Wildman–Crippen MR) is 73.7 cm³/mol. The zero-order chi connectivity index (χ0) is 15.4. The smallest absolute Gasteiger partial charge is 0.319 e. The van der Waals surface area contributed by atoms with Crippen LogP contribution >= 0.6 is 0 Å². The first-order chi connectivity index (χ1) is 10.1. The minimum atomic E-state index is -0.677. The Morgan fingerprint density at radius 1 is 1.52 bits per heavy atom. The third kappa shape index (κ3) is 2.71. The Hall–Kier alpha value is -3.21. The Morgan fingerprint density at radius 2 is 2.24 bits per heavy atom. The summed E-state index contributed by atoms with van der Waals surface area (Å²) in [6, 6.07) is 8.35. The van der Waals surface area contributed by atoms with E-state index < -0.39 is 10.8 Å². The van der Waals surface area contributed by atoms with Gasteiger partial charge in [0.05, 0.1) is 16.2 Å². The fourth-order valence-corrected chi connectivity index (χ4v) is 1.85. The third-order valence-corrected chi connectivity index (χ3v) is 2.83. The first kappa shape index (κ1) is 14.2. The molecule has 1 heterocycles. The summed E-state index contributed by atoms with van der Waals surface area (Å²) in [4.78, 5) is 22.6. The summed E-state index contributed by atoms with van der Waals surface area (Å²) in [6.45, 7) is 2.03. The van der Waals surface area contributed by atoms with Gasteiger partial charge in [-0.05, 0) is 19.1 Å². The summed E-state index contributed by atoms with van der Waals surface area (Å²) in [5, 5.41) is 26.2. The average molecular weight is 285 g/mol. The largest absolute Gasteiger partial charge is 0.320 e. The lowest BCUT2D eigenvalue weighted by atomic mass is 10.2. The van der Waals surface area contributed by atoms with Gasteiger partial charge in [0.2, 0.25) is 5.69 Å². The molecule has 8 heteroatoms. The van der Waals surface area contributed by atoms with Gasteiger partial charge < -0.3 is 5.32 Å². The van der Waals surface area contributed by atoms with Crippen LogP contribution in [0.5, 0.6) is 0 Å². The molecule has 8 nitrogen and oxygen atoms in total. The highest BCUT2D eigenvalue weighted by Gasteiger charge is 2.26. The summed E-state index contributed by atoms with van der Waals surface area (Å²) in [6.07, 6.45) is 1.04. The molecule has 1 aromatic carbocycles. The molecule has 0 saturated carbocycles. The van der Waals surface area contributed by atoms with Crippen molar-refractivity contribution in [1.29, 1.82) is 5.26 Å². The topological polar surface area (TPSA) is 114 Å². The zero-order valence-electron chi connectivity index (χ0n) is 11.1. The van der Waals surface area contributed by atoms with Crippen molar-refractivity contribution in [3.8, 4) is 6.07 Å². The number of carbonyl (C=O) groups is 1. The first-order valence-electron chi connectivity index (χ1n) is 6.09. The van der Waals surface area contributed by atoms with Crippen molar-refractivity contribution in [2.45, 2.75) is 13.5 Å². The quantitative estimate of drug-likeness (QED) is 0.681. The van der Waals surface area contributed by atoms with Gasteiger partial charge in [0.25, 0.3) is 5.91 Å². The van der Waals surface area contributed by atoms with Crippen molar-refractivity contribution in [3.05, 3.63) is 51.8 Å². The number of nitrogens with zero attached hydrogens (tertiary/aromatic N) is 4. The van der Waals surface area contributed by atoms with Crippen LogP contribution in [-0.2, 0) is 6.54 Å². The van der Waals surface area contributed by atoms with Crippen LogP contribution in [0.15, 0.2) is 30.5 Å². The predicted octanol–water partition coefficient (Wildman–Crippen LogP) is 1.94. The van der Waals surface area contributed by atoms with E-state index in [1.165, 1.54) is 4.68 Å². The van der Waals surface area contributed by atoms with Gasteiger partial charge in [-0.2, -0.15) is 10.4 Å².